The first-order valence-electron chi connectivity index (χ1n) is 5.13. The number of hydrogen-bond acceptors (Lipinski definition) is 3. The molecule has 0 unspecified atom stereocenters. The van der Waals surface area contributed by atoms with Gasteiger partial charge >= 0.3 is 0 Å². The Hall–Kier alpha value is -2.32. The first-order chi connectivity index (χ1) is 8.61. The number of nitrogens with one attached hydrogen (secondary N) is 2. The van der Waals surface area contributed by atoms with Gasteiger partial charge < -0.3 is 5.32 Å². The molecule has 0 saturated heterocycles. The number of benzene rings is 1. The maximum atomic E-state index is 12.0. The maximum Gasteiger partial charge on any atom is 0.259 e. The number of aryl methyl sites for hydroxylation is 1. The number of halogens is 1. The van der Waals surface area contributed by atoms with Gasteiger partial charge in [-0.2, -0.15) is 10.4 Å². The lowest BCUT2D eigenvalue weighted by molar-refractivity contribution is 0.102. The van der Waals surface area contributed by atoms with Crippen molar-refractivity contribution >= 4 is 23.2 Å². The summed E-state index contributed by atoms with van der Waals surface area (Å²) in [5.74, 6) is -0.333. The predicted octanol–water partition coefficient (Wildman–Crippen LogP) is 2.50. The van der Waals surface area contributed by atoms with Crippen LogP contribution in [0.2, 0.25) is 5.02 Å². The number of aromatic amines is 1. The molecular formula is C12H9ClN4O. The van der Waals surface area contributed by atoms with E-state index in [1.807, 2.05) is 6.07 Å². The first kappa shape index (κ1) is 12.1. The number of carbonyl (C=O) groups is 1. The number of rotatable bonds is 2. The Labute approximate surface area is 108 Å². The highest BCUT2D eigenvalue weighted by Crippen LogP contribution is 2.21. The third-order valence-corrected chi connectivity index (χ3v) is 2.66. The minimum absolute atomic E-state index is 0.333. The molecule has 0 aliphatic rings. The number of nitriles is 1. The fraction of sp³-hybridized carbons (Fsp3) is 0.0833. The Morgan fingerprint density at radius 2 is 2.33 bits per heavy atom. The van der Waals surface area contributed by atoms with Gasteiger partial charge in [-0.15, -0.1) is 0 Å². The second kappa shape index (κ2) is 4.90. The highest BCUT2D eigenvalue weighted by molar-refractivity contribution is 6.31. The summed E-state index contributed by atoms with van der Waals surface area (Å²) in [7, 11) is 0. The zero-order chi connectivity index (χ0) is 13.1. The normalized spacial score (nSPS) is 9.83. The van der Waals surface area contributed by atoms with E-state index in [0.717, 1.165) is 0 Å². The highest BCUT2D eigenvalue weighted by atomic mass is 35.5. The molecule has 0 saturated carbocycles. The fourth-order valence-corrected chi connectivity index (χ4v) is 1.66. The molecule has 0 aliphatic heterocycles. The van der Waals surface area contributed by atoms with Crippen LogP contribution >= 0.6 is 11.6 Å². The number of nitrogens with zero attached hydrogens (tertiary/aromatic N) is 2. The Morgan fingerprint density at radius 3 is 2.94 bits per heavy atom. The van der Waals surface area contributed by atoms with Crippen LogP contribution in [0, 0.1) is 18.3 Å². The molecular weight excluding hydrogens is 252 g/mol. The van der Waals surface area contributed by atoms with Gasteiger partial charge in [-0.05, 0) is 25.1 Å². The van der Waals surface area contributed by atoms with E-state index in [9.17, 15) is 4.79 Å². The summed E-state index contributed by atoms with van der Waals surface area (Å²) in [5, 5.41) is 18.5. The van der Waals surface area contributed by atoms with Crippen LogP contribution in [0.1, 0.15) is 21.6 Å². The van der Waals surface area contributed by atoms with Gasteiger partial charge in [-0.3, -0.25) is 9.89 Å². The van der Waals surface area contributed by atoms with Crippen LogP contribution < -0.4 is 5.32 Å². The van der Waals surface area contributed by atoms with Crippen molar-refractivity contribution in [2.75, 3.05) is 5.32 Å². The predicted molar refractivity (Wildman–Crippen MR) is 67.4 cm³/mol. The van der Waals surface area contributed by atoms with Gasteiger partial charge in [0.1, 0.15) is 6.07 Å². The quantitative estimate of drug-likeness (QED) is 0.870. The van der Waals surface area contributed by atoms with Crippen molar-refractivity contribution < 1.29 is 4.79 Å². The molecule has 0 bridgehead atoms. The summed E-state index contributed by atoms with van der Waals surface area (Å²) in [6.07, 6.45) is 1.43. The minimum atomic E-state index is -0.333. The van der Waals surface area contributed by atoms with Crippen molar-refractivity contribution in [1.82, 2.24) is 10.2 Å². The zero-order valence-electron chi connectivity index (χ0n) is 9.49. The maximum absolute atomic E-state index is 12.0. The van der Waals surface area contributed by atoms with E-state index in [-0.39, 0.29) is 5.91 Å². The van der Waals surface area contributed by atoms with E-state index in [1.165, 1.54) is 12.3 Å². The van der Waals surface area contributed by atoms with E-state index in [1.54, 1.807) is 19.1 Å². The van der Waals surface area contributed by atoms with Gasteiger partial charge in [0.05, 0.1) is 23.0 Å². The average molecular weight is 261 g/mol. The Morgan fingerprint density at radius 1 is 1.56 bits per heavy atom. The average Bonchev–Trinajstić information content (AvgIpc) is 2.76. The molecule has 2 rings (SSSR count). The highest BCUT2D eigenvalue weighted by Gasteiger charge is 2.13. The van der Waals surface area contributed by atoms with Crippen molar-refractivity contribution in [3.8, 4) is 6.07 Å². The molecule has 1 aromatic carbocycles. The summed E-state index contributed by atoms with van der Waals surface area (Å²) >= 11 is 5.83. The van der Waals surface area contributed by atoms with Crippen LogP contribution in [0.15, 0.2) is 24.4 Å². The summed E-state index contributed by atoms with van der Waals surface area (Å²) in [6, 6.07) is 6.68. The molecule has 2 N–H and O–H groups in total. The minimum Gasteiger partial charge on any atom is -0.321 e. The van der Waals surface area contributed by atoms with Gasteiger partial charge in [0.2, 0.25) is 0 Å². The van der Waals surface area contributed by atoms with E-state index < -0.39 is 0 Å². The van der Waals surface area contributed by atoms with Gasteiger partial charge in [0.25, 0.3) is 5.91 Å². The van der Waals surface area contributed by atoms with Gasteiger partial charge in [-0.1, -0.05) is 11.6 Å². The number of carbonyl (C=O) groups excluding carboxylic acids is 1. The SMILES string of the molecule is Cc1[nH]ncc1C(=O)Nc1cc(Cl)ccc1C#N. The molecule has 0 aliphatic carbocycles. The molecule has 90 valence electrons. The molecule has 0 radical (unpaired) electrons. The van der Waals surface area contributed by atoms with E-state index in [4.69, 9.17) is 16.9 Å². The summed E-state index contributed by atoms with van der Waals surface area (Å²) in [6.45, 7) is 1.74. The van der Waals surface area contributed by atoms with Crippen LogP contribution in [0.4, 0.5) is 5.69 Å². The van der Waals surface area contributed by atoms with Crippen LogP contribution in [0.3, 0.4) is 0 Å². The van der Waals surface area contributed by atoms with Gasteiger partial charge in [0, 0.05) is 10.7 Å². The molecule has 1 heterocycles. The van der Waals surface area contributed by atoms with Crippen molar-refractivity contribution in [3.63, 3.8) is 0 Å². The molecule has 5 nitrogen and oxygen atoms in total. The Kier molecular flexibility index (Phi) is 3.31. The van der Waals surface area contributed by atoms with Crippen molar-refractivity contribution in [3.05, 3.63) is 46.2 Å². The van der Waals surface area contributed by atoms with Crippen molar-refractivity contribution in [2.45, 2.75) is 6.92 Å². The Balaban J connectivity index is 2.30. The van der Waals surface area contributed by atoms with E-state index >= 15 is 0 Å². The van der Waals surface area contributed by atoms with Crippen LogP contribution in [0.5, 0.6) is 0 Å². The van der Waals surface area contributed by atoms with E-state index in [0.29, 0.717) is 27.5 Å². The standard InChI is InChI=1S/C12H9ClN4O/c1-7-10(6-15-17-7)12(18)16-11-4-9(13)3-2-8(11)5-14/h2-4,6H,1H3,(H,15,17)(H,16,18). The number of H-pyrrole nitrogens is 1. The molecule has 6 heteroatoms. The Bertz CT molecular complexity index is 642. The summed E-state index contributed by atoms with van der Waals surface area (Å²) < 4.78 is 0. The topological polar surface area (TPSA) is 81.6 Å². The monoisotopic (exact) mass is 260 g/mol. The largest absolute Gasteiger partial charge is 0.321 e. The summed E-state index contributed by atoms with van der Waals surface area (Å²) in [5.41, 5.74) is 1.83. The number of anilines is 1. The lowest BCUT2D eigenvalue weighted by Crippen LogP contribution is -2.13. The molecule has 18 heavy (non-hydrogen) atoms. The number of amides is 1. The third-order valence-electron chi connectivity index (χ3n) is 2.42. The molecule has 0 atom stereocenters. The second-order valence-electron chi connectivity index (χ2n) is 3.66. The zero-order valence-corrected chi connectivity index (χ0v) is 10.2. The molecule has 0 spiro atoms. The molecule has 1 aromatic heterocycles. The molecule has 1 amide bonds. The summed E-state index contributed by atoms with van der Waals surface area (Å²) in [4.78, 5) is 12.0. The first-order valence-corrected chi connectivity index (χ1v) is 5.50. The smallest absolute Gasteiger partial charge is 0.259 e. The lowest BCUT2D eigenvalue weighted by atomic mass is 10.2. The third kappa shape index (κ3) is 2.34. The molecule has 0 fully saturated rings. The van der Waals surface area contributed by atoms with Crippen LogP contribution in [-0.4, -0.2) is 16.1 Å². The fourth-order valence-electron chi connectivity index (χ4n) is 1.49. The van der Waals surface area contributed by atoms with Crippen molar-refractivity contribution in [2.24, 2.45) is 0 Å². The van der Waals surface area contributed by atoms with Gasteiger partial charge in [-0.25, -0.2) is 0 Å². The van der Waals surface area contributed by atoms with Crippen LogP contribution in [-0.2, 0) is 0 Å². The second-order valence-corrected chi connectivity index (χ2v) is 4.10. The van der Waals surface area contributed by atoms with E-state index in [2.05, 4.69) is 15.5 Å². The number of hydrogen-bond donors (Lipinski definition) is 2. The van der Waals surface area contributed by atoms with Gasteiger partial charge in [0.15, 0.2) is 0 Å². The van der Waals surface area contributed by atoms with Crippen molar-refractivity contribution in [1.29, 1.82) is 5.26 Å². The lowest BCUT2D eigenvalue weighted by Gasteiger charge is -2.06. The van der Waals surface area contributed by atoms with Crippen LogP contribution in [0.25, 0.3) is 0 Å². The molecule has 2 aromatic rings. The number of aromatic nitrogens is 2.